The quantitative estimate of drug-likeness (QED) is 0.878. The van der Waals surface area contributed by atoms with Crippen molar-refractivity contribution in [3.8, 4) is 0 Å². The van der Waals surface area contributed by atoms with Crippen molar-refractivity contribution in [3.63, 3.8) is 0 Å². The number of hydrogen-bond acceptors (Lipinski definition) is 4. The van der Waals surface area contributed by atoms with E-state index >= 15 is 0 Å². The molecule has 2 saturated heterocycles. The summed E-state index contributed by atoms with van der Waals surface area (Å²) in [6.07, 6.45) is 2.01. The van der Waals surface area contributed by atoms with Gasteiger partial charge in [-0.1, -0.05) is 17.7 Å². The van der Waals surface area contributed by atoms with Gasteiger partial charge in [-0.15, -0.1) is 23.5 Å². The number of likely N-dealkylation sites (tertiary alicyclic amines) is 1. The maximum Gasteiger partial charge on any atom is 0.246 e. The molecule has 2 amide bonds. The van der Waals surface area contributed by atoms with Crippen LogP contribution in [0.15, 0.2) is 29.2 Å². The number of thioether (sulfide) groups is 2. The van der Waals surface area contributed by atoms with Gasteiger partial charge in [0, 0.05) is 29.0 Å². The first-order valence-electron chi connectivity index (χ1n) is 8.82. The van der Waals surface area contributed by atoms with Crippen molar-refractivity contribution in [3.05, 3.63) is 29.8 Å². The molecule has 0 saturated carbocycles. The first-order valence-corrected chi connectivity index (χ1v) is 10.7. The van der Waals surface area contributed by atoms with Gasteiger partial charge in [0.05, 0.1) is 4.75 Å². The molecule has 0 spiro atoms. The van der Waals surface area contributed by atoms with E-state index in [1.165, 1.54) is 10.5 Å². The molecule has 1 N–H and O–H groups in total. The highest BCUT2D eigenvalue weighted by atomic mass is 32.2. The van der Waals surface area contributed by atoms with E-state index < -0.39 is 4.75 Å². The maximum atomic E-state index is 12.7. The van der Waals surface area contributed by atoms with Gasteiger partial charge in [-0.05, 0) is 45.7 Å². The lowest BCUT2D eigenvalue weighted by molar-refractivity contribution is -0.137. The van der Waals surface area contributed by atoms with Gasteiger partial charge in [-0.3, -0.25) is 9.59 Å². The lowest BCUT2D eigenvalue weighted by Gasteiger charge is -2.38. The highest BCUT2D eigenvalue weighted by Gasteiger charge is 2.39. The molecule has 0 bridgehead atoms. The van der Waals surface area contributed by atoms with Gasteiger partial charge in [0.1, 0.15) is 6.04 Å². The maximum absolute atomic E-state index is 12.7. The van der Waals surface area contributed by atoms with E-state index in [1.807, 2.05) is 30.5 Å². The van der Waals surface area contributed by atoms with Crippen LogP contribution in [0.25, 0.3) is 0 Å². The van der Waals surface area contributed by atoms with Gasteiger partial charge >= 0.3 is 0 Å². The molecule has 2 aliphatic heterocycles. The number of carbonyl (C=O) groups excluding carboxylic acids is 2. The summed E-state index contributed by atoms with van der Waals surface area (Å²) in [5.41, 5.74) is 1.28. The monoisotopic (exact) mass is 378 g/mol. The van der Waals surface area contributed by atoms with Crippen molar-refractivity contribution in [2.45, 2.75) is 54.5 Å². The minimum Gasteiger partial charge on any atom is -0.342 e. The number of amides is 2. The van der Waals surface area contributed by atoms with Crippen LogP contribution >= 0.6 is 23.5 Å². The topological polar surface area (TPSA) is 49.4 Å². The molecule has 2 heterocycles. The lowest BCUT2D eigenvalue weighted by Crippen LogP contribution is -2.58. The van der Waals surface area contributed by atoms with Crippen molar-refractivity contribution in [1.29, 1.82) is 0 Å². The normalized spacial score (nSPS) is 24.0. The number of nitrogens with one attached hydrogen (secondary N) is 1. The van der Waals surface area contributed by atoms with Crippen LogP contribution in [0.4, 0.5) is 0 Å². The SMILES string of the molecule is Cc1cccc(SC2CCN(C(=O)[C@H]3CSC(C)(C)C(=O)N3)CC2)c1. The van der Waals surface area contributed by atoms with Crippen LogP contribution in [0.3, 0.4) is 0 Å². The first-order chi connectivity index (χ1) is 11.8. The molecule has 1 aromatic carbocycles. The minimum absolute atomic E-state index is 0.0352. The zero-order chi connectivity index (χ0) is 18.0. The number of carbonyl (C=O) groups is 2. The van der Waals surface area contributed by atoms with Crippen molar-refractivity contribution in [2.24, 2.45) is 0 Å². The molecular weight excluding hydrogens is 352 g/mol. The highest BCUT2D eigenvalue weighted by Crippen LogP contribution is 2.32. The Bertz CT molecular complexity index is 655. The Balaban J connectivity index is 1.50. The van der Waals surface area contributed by atoms with E-state index in [0.29, 0.717) is 11.0 Å². The Kier molecular flexibility index (Phi) is 5.68. The number of nitrogens with zero attached hydrogens (tertiary/aromatic N) is 1. The molecule has 1 aromatic rings. The van der Waals surface area contributed by atoms with Crippen molar-refractivity contribution in [2.75, 3.05) is 18.8 Å². The second kappa shape index (κ2) is 7.62. The van der Waals surface area contributed by atoms with E-state index in [9.17, 15) is 9.59 Å². The van der Waals surface area contributed by atoms with Crippen molar-refractivity contribution >= 4 is 35.3 Å². The fraction of sp³-hybridized carbons (Fsp3) is 0.579. The molecule has 136 valence electrons. The zero-order valence-corrected chi connectivity index (χ0v) is 16.7. The summed E-state index contributed by atoms with van der Waals surface area (Å²) in [7, 11) is 0. The van der Waals surface area contributed by atoms with E-state index in [2.05, 4.69) is 36.5 Å². The summed E-state index contributed by atoms with van der Waals surface area (Å²) in [4.78, 5) is 28.0. The molecule has 3 rings (SSSR count). The summed E-state index contributed by atoms with van der Waals surface area (Å²) < 4.78 is -0.436. The first kappa shape index (κ1) is 18.6. The number of aryl methyl sites for hydroxylation is 1. The molecule has 2 fully saturated rings. The van der Waals surface area contributed by atoms with E-state index in [-0.39, 0.29) is 17.9 Å². The Hall–Kier alpha value is -1.14. The molecule has 6 heteroatoms. The number of rotatable bonds is 3. The third-order valence-corrected chi connectivity index (χ3v) is 7.54. The third-order valence-electron chi connectivity index (χ3n) is 4.81. The predicted octanol–water partition coefficient (Wildman–Crippen LogP) is 3.09. The summed E-state index contributed by atoms with van der Waals surface area (Å²) in [6.45, 7) is 7.48. The summed E-state index contributed by atoms with van der Waals surface area (Å²) in [5.74, 6) is 0.706. The molecule has 25 heavy (non-hydrogen) atoms. The molecule has 0 unspecified atom stereocenters. The summed E-state index contributed by atoms with van der Waals surface area (Å²) >= 11 is 3.49. The fourth-order valence-electron chi connectivity index (χ4n) is 3.16. The highest BCUT2D eigenvalue weighted by molar-refractivity contribution is 8.01. The zero-order valence-electron chi connectivity index (χ0n) is 15.1. The Morgan fingerprint density at radius 2 is 2.04 bits per heavy atom. The van der Waals surface area contributed by atoms with E-state index in [1.54, 1.807) is 11.8 Å². The van der Waals surface area contributed by atoms with Crippen LogP contribution in [-0.4, -0.2) is 51.6 Å². The van der Waals surface area contributed by atoms with Crippen molar-refractivity contribution < 1.29 is 9.59 Å². The molecule has 0 aromatic heterocycles. The molecule has 2 aliphatic rings. The molecule has 4 nitrogen and oxygen atoms in total. The smallest absolute Gasteiger partial charge is 0.246 e. The van der Waals surface area contributed by atoms with Crippen LogP contribution in [0.1, 0.15) is 32.3 Å². The minimum atomic E-state index is -0.436. The average molecular weight is 379 g/mol. The largest absolute Gasteiger partial charge is 0.342 e. The molecule has 0 aliphatic carbocycles. The summed E-state index contributed by atoms with van der Waals surface area (Å²) in [5, 5.41) is 3.46. The number of benzene rings is 1. The van der Waals surface area contributed by atoms with Gasteiger partial charge in [0.2, 0.25) is 11.8 Å². The fourth-order valence-corrected chi connectivity index (χ4v) is 5.40. The Labute approximate surface area is 158 Å². The van der Waals surface area contributed by atoms with Crippen LogP contribution in [0.5, 0.6) is 0 Å². The van der Waals surface area contributed by atoms with Crippen LogP contribution in [-0.2, 0) is 9.59 Å². The van der Waals surface area contributed by atoms with Crippen LogP contribution in [0.2, 0.25) is 0 Å². The number of hydrogen-bond donors (Lipinski definition) is 1. The predicted molar refractivity (Wildman–Crippen MR) is 105 cm³/mol. The standard InChI is InChI=1S/C19H26N2O2S2/c1-13-5-4-6-15(11-13)25-14-7-9-21(10-8-14)17(22)16-12-24-19(2,3)18(23)20-16/h4-6,11,14,16H,7-10,12H2,1-3H3,(H,20,23)/t16-/m1/s1. The van der Waals surface area contributed by atoms with Crippen LogP contribution < -0.4 is 5.32 Å². The van der Waals surface area contributed by atoms with Gasteiger partial charge < -0.3 is 10.2 Å². The van der Waals surface area contributed by atoms with Gasteiger partial charge in [-0.25, -0.2) is 0 Å². The van der Waals surface area contributed by atoms with Crippen molar-refractivity contribution in [1.82, 2.24) is 10.2 Å². The van der Waals surface area contributed by atoms with Gasteiger partial charge in [0.25, 0.3) is 0 Å². The average Bonchev–Trinajstić information content (AvgIpc) is 2.57. The molecule has 1 atom stereocenters. The van der Waals surface area contributed by atoms with E-state index in [4.69, 9.17) is 0 Å². The lowest BCUT2D eigenvalue weighted by atomic mass is 10.1. The number of piperidine rings is 1. The molecule has 0 radical (unpaired) electrons. The second-order valence-corrected chi connectivity index (χ2v) is 10.3. The Morgan fingerprint density at radius 3 is 2.68 bits per heavy atom. The van der Waals surface area contributed by atoms with Gasteiger partial charge in [-0.2, -0.15) is 0 Å². The van der Waals surface area contributed by atoms with Crippen LogP contribution in [0, 0.1) is 6.92 Å². The summed E-state index contributed by atoms with van der Waals surface area (Å²) in [6, 6.07) is 8.22. The third kappa shape index (κ3) is 4.53. The molecular formula is C19H26N2O2S2. The Morgan fingerprint density at radius 1 is 1.32 bits per heavy atom. The van der Waals surface area contributed by atoms with E-state index in [0.717, 1.165) is 25.9 Å². The second-order valence-electron chi connectivity index (χ2n) is 7.31. The van der Waals surface area contributed by atoms with Gasteiger partial charge in [0.15, 0.2) is 0 Å².